The Morgan fingerprint density at radius 3 is 1.39 bits per heavy atom. The monoisotopic (exact) mass is 240 g/mol. The molecule has 0 radical (unpaired) electrons. The van der Waals surface area contributed by atoms with E-state index >= 15 is 0 Å². The molecule has 18 heavy (non-hydrogen) atoms. The van der Waals surface area contributed by atoms with Crippen molar-refractivity contribution < 1.29 is 0 Å². The van der Waals surface area contributed by atoms with Crippen LogP contribution in [0.5, 0.6) is 0 Å². The Morgan fingerprint density at radius 1 is 0.611 bits per heavy atom. The maximum absolute atomic E-state index is 4.30. The third kappa shape index (κ3) is 2.83. The van der Waals surface area contributed by atoms with Gasteiger partial charge in [0.05, 0.1) is 11.0 Å². The zero-order chi connectivity index (χ0) is 13.4. The first-order chi connectivity index (χ1) is 8.95. The van der Waals surface area contributed by atoms with Crippen molar-refractivity contribution in [2.75, 3.05) is 0 Å². The van der Waals surface area contributed by atoms with Gasteiger partial charge in [-0.3, -0.25) is 9.97 Å². The second-order valence-corrected chi connectivity index (χ2v) is 3.21. The number of aromatic nitrogens is 2. The van der Waals surface area contributed by atoms with Gasteiger partial charge in [0.15, 0.2) is 0 Å². The smallest absolute Gasteiger partial charge is 0.0709 e. The first kappa shape index (κ1) is 14.1. The predicted molar refractivity (Wildman–Crippen MR) is 79.7 cm³/mol. The zero-order valence-corrected chi connectivity index (χ0v) is 11.5. The van der Waals surface area contributed by atoms with Crippen molar-refractivity contribution in [3.05, 3.63) is 48.8 Å². The molecule has 0 aliphatic rings. The number of benzene rings is 1. The molecular weight excluding hydrogens is 220 g/mol. The van der Waals surface area contributed by atoms with Gasteiger partial charge in [0, 0.05) is 23.2 Å². The van der Waals surface area contributed by atoms with Gasteiger partial charge >= 0.3 is 0 Å². The molecule has 2 heterocycles. The van der Waals surface area contributed by atoms with Crippen LogP contribution in [0.2, 0.25) is 0 Å². The van der Waals surface area contributed by atoms with E-state index < -0.39 is 0 Å². The van der Waals surface area contributed by atoms with Crippen molar-refractivity contribution in [3.63, 3.8) is 0 Å². The van der Waals surface area contributed by atoms with Crippen LogP contribution in [0.4, 0.5) is 0 Å². The molecule has 0 fully saturated rings. The minimum absolute atomic E-state index is 1.02. The summed E-state index contributed by atoms with van der Waals surface area (Å²) in [5, 5.41) is 2.33. The van der Waals surface area contributed by atoms with E-state index in [0.717, 1.165) is 21.8 Å². The topological polar surface area (TPSA) is 25.8 Å². The molecule has 94 valence electrons. The van der Waals surface area contributed by atoms with E-state index in [0.29, 0.717) is 0 Å². The Morgan fingerprint density at radius 2 is 1.00 bits per heavy atom. The summed E-state index contributed by atoms with van der Waals surface area (Å²) in [6, 6.07) is 12.1. The van der Waals surface area contributed by atoms with Gasteiger partial charge in [-0.2, -0.15) is 0 Å². The third-order valence-electron chi connectivity index (χ3n) is 2.37. The summed E-state index contributed by atoms with van der Waals surface area (Å²) >= 11 is 0. The average molecular weight is 240 g/mol. The van der Waals surface area contributed by atoms with E-state index in [4.69, 9.17) is 0 Å². The highest BCUT2D eigenvalue weighted by molar-refractivity contribution is 6.04. The van der Waals surface area contributed by atoms with Crippen molar-refractivity contribution in [1.29, 1.82) is 0 Å². The van der Waals surface area contributed by atoms with E-state index in [1.165, 1.54) is 0 Å². The van der Waals surface area contributed by atoms with Gasteiger partial charge < -0.3 is 0 Å². The van der Waals surface area contributed by atoms with Crippen molar-refractivity contribution in [2.24, 2.45) is 0 Å². The molecule has 1 aromatic carbocycles. The maximum atomic E-state index is 4.30. The standard InChI is InChI=1S/C12H8N2.2C2H6/c1-3-9-10-4-2-8-14-12(10)6-5-11(9)13-7-1;2*1-2/h1-8H;2*1-2H3. The molecule has 2 heteroatoms. The number of hydrogen-bond acceptors (Lipinski definition) is 2. The van der Waals surface area contributed by atoms with Crippen LogP contribution in [0.25, 0.3) is 21.8 Å². The fourth-order valence-electron chi connectivity index (χ4n) is 1.71. The summed E-state index contributed by atoms with van der Waals surface area (Å²) in [6.07, 6.45) is 3.62. The van der Waals surface area contributed by atoms with Gasteiger partial charge in [-0.25, -0.2) is 0 Å². The SMILES string of the molecule is CC.CC.c1cnc2ccc3ncccc3c2c1. The largest absolute Gasteiger partial charge is 0.256 e. The quantitative estimate of drug-likeness (QED) is 0.526. The molecule has 0 N–H and O–H groups in total. The van der Waals surface area contributed by atoms with Crippen LogP contribution in [-0.4, -0.2) is 9.97 Å². The highest BCUT2D eigenvalue weighted by Crippen LogP contribution is 2.21. The minimum atomic E-state index is 1.02. The molecule has 0 amide bonds. The van der Waals surface area contributed by atoms with Crippen LogP contribution >= 0.6 is 0 Å². The fourth-order valence-corrected chi connectivity index (χ4v) is 1.71. The first-order valence-electron chi connectivity index (χ1n) is 6.53. The van der Waals surface area contributed by atoms with Gasteiger partial charge in [-0.15, -0.1) is 0 Å². The Kier molecular flexibility index (Phi) is 5.78. The molecule has 0 aliphatic heterocycles. The van der Waals surface area contributed by atoms with Crippen molar-refractivity contribution >= 4 is 21.8 Å². The van der Waals surface area contributed by atoms with Crippen LogP contribution in [0.1, 0.15) is 27.7 Å². The summed E-state index contributed by atoms with van der Waals surface area (Å²) in [7, 11) is 0. The van der Waals surface area contributed by atoms with Gasteiger partial charge in [-0.05, 0) is 24.3 Å². The minimum Gasteiger partial charge on any atom is -0.256 e. The number of hydrogen-bond donors (Lipinski definition) is 0. The lowest BCUT2D eigenvalue weighted by molar-refractivity contribution is 1.39. The Labute approximate surface area is 109 Å². The predicted octanol–water partition coefficient (Wildman–Crippen LogP) is 4.84. The summed E-state index contributed by atoms with van der Waals surface area (Å²) in [4.78, 5) is 8.61. The van der Waals surface area contributed by atoms with E-state index in [9.17, 15) is 0 Å². The maximum Gasteiger partial charge on any atom is 0.0709 e. The fraction of sp³-hybridized carbons (Fsp3) is 0.250. The van der Waals surface area contributed by atoms with Crippen LogP contribution in [-0.2, 0) is 0 Å². The van der Waals surface area contributed by atoms with Crippen LogP contribution in [0.15, 0.2) is 48.8 Å². The number of pyridine rings is 2. The molecule has 3 aromatic rings. The van der Waals surface area contributed by atoms with E-state index in [2.05, 4.69) is 22.1 Å². The molecular formula is C16H20N2. The van der Waals surface area contributed by atoms with Crippen LogP contribution in [0, 0.1) is 0 Å². The summed E-state index contributed by atoms with van der Waals surface area (Å²) < 4.78 is 0. The second kappa shape index (κ2) is 7.38. The highest BCUT2D eigenvalue weighted by Gasteiger charge is 1.99. The molecule has 0 aliphatic carbocycles. The molecule has 0 spiro atoms. The first-order valence-corrected chi connectivity index (χ1v) is 6.53. The van der Waals surface area contributed by atoms with Crippen LogP contribution in [0.3, 0.4) is 0 Å². The van der Waals surface area contributed by atoms with Gasteiger partial charge in [-0.1, -0.05) is 39.8 Å². The molecule has 3 rings (SSSR count). The van der Waals surface area contributed by atoms with Gasteiger partial charge in [0.25, 0.3) is 0 Å². The zero-order valence-electron chi connectivity index (χ0n) is 11.5. The average Bonchev–Trinajstić information content (AvgIpc) is 2.51. The third-order valence-corrected chi connectivity index (χ3v) is 2.37. The lowest BCUT2D eigenvalue weighted by atomic mass is 10.1. The second-order valence-electron chi connectivity index (χ2n) is 3.21. The molecule has 0 saturated carbocycles. The van der Waals surface area contributed by atoms with Gasteiger partial charge in [0.1, 0.15) is 0 Å². The number of fused-ring (bicyclic) bond motifs is 3. The normalized spacial score (nSPS) is 9.11. The van der Waals surface area contributed by atoms with E-state index in [1.807, 2.05) is 64.4 Å². The van der Waals surface area contributed by atoms with Gasteiger partial charge in [0.2, 0.25) is 0 Å². The number of rotatable bonds is 0. The Balaban J connectivity index is 0.000000371. The molecule has 2 nitrogen and oxygen atoms in total. The Hall–Kier alpha value is -1.96. The molecule has 0 unspecified atom stereocenters. The molecule has 0 atom stereocenters. The summed E-state index contributed by atoms with van der Waals surface area (Å²) in [5.74, 6) is 0. The number of nitrogens with zero attached hydrogens (tertiary/aromatic N) is 2. The molecule has 2 aromatic heterocycles. The summed E-state index contributed by atoms with van der Waals surface area (Å²) in [6.45, 7) is 8.00. The Bertz CT molecular complexity index is 548. The van der Waals surface area contributed by atoms with Crippen molar-refractivity contribution in [3.8, 4) is 0 Å². The summed E-state index contributed by atoms with van der Waals surface area (Å²) in [5.41, 5.74) is 2.04. The highest BCUT2D eigenvalue weighted by atomic mass is 14.7. The van der Waals surface area contributed by atoms with E-state index in [-0.39, 0.29) is 0 Å². The molecule has 0 bridgehead atoms. The molecule has 0 saturated heterocycles. The lowest BCUT2D eigenvalue weighted by Gasteiger charge is -2.00. The van der Waals surface area contributed by atoms with Crippen molar-refractivity contribution in [1.82, 2.24) is 9.97 Å². The lowest BCUT2D eigenvalue weighted by Crippen LogP contribution is -1.81. The van der Waals surface area contributed by atoms with E-state index in [1.54, 1.807) is 0 Å². The van der Waals surface area contributed by atoms with Crippen LogP contribution < -0.4 is 0 Å². The van der Waals surface area contributed by atoms with Crippen molar-refractivity contribution in [2.45, 2.75) is 27.7 Å².